The number of aromatic nitrogens is 2. The number of anilines is 1. The summed E-state index contributed by atoms with van der Waals surface area (Å²) >= 11 is 0.964. The van der Waals surface area contributed by atoms with Gasteiger partial charge in [0.1, 0.15) is 15.9 Å². The molecule has 9 heteroatoms. The second-order valence-electron chi connectivity index (χ2n) is 6.49. The number of amides is 1. The average Bonchev–Trinajstić information content (AvgIpc) is 3.34. The van der Waals surface area contributed by atoms with Crippen molar-refractivity contribution in [2.45, 2.75) is 24.7 Å². The highest BCUT2D eigenvalue weighted by atomic mass is 32.2. The topological polar surface area (TPSA) is 92.3 Å². The summed E-state index contributed by atoms with van der Waals surface area (Å²) in [5, 5.41) is 0. The zero-order valence-corrected chi connectivity index (χ0v) is 16.3. The van der Waals surface area contributed by atoms with Gasteiger partial charge in [-0.25, -0.2) is 8.42 Å². The molecule has 1 fully saturated rings. The Morgan fingerprint density at radius 3 is 2.63 bits per heavy atom. The van der Waals surface area contributed by atoms with Gasteiger partial charge in [-0.15, -0.1) is 0 Å². The zero-order chi connectivity index (χ0) is 19.0. The van der Waals surface area contributed by atoms with Gasteiger partial charge in [0.15, 0.2) is 0 Å². The van der Waals surface area contributed by atoms with Crippen LogP contribution < -0.4 is 4.72 Å². The summed E-state index contributed by atoms with van der Waals surface area (Å²) in [5.41, 5.74) is 2.22. The molecule has 2 aromatic carbocycles. The Hall–Kier alpha value is -2.52. The van der Waals surface area contributed by atoms with E-state index < -0.39 is 10.0 Å². The summed E-state index contributed by atoms with van der Waals surface area (Å²) in [6.45, 7) is 3.18. The summed E-state index contributed by atoms with van der Waals surface area (Å²) in [5.74, 6) is -0.151. The molecule has 3 aromatic rings. The number of hydrogen-bond donors (Lipinski definition) is 1. The van der Waals surface area contributed by atoms with Crippen molar-refractivity contribution in [1.29, 1.82) is 0 Å². The third-order valence-corrected chi connectivity index (χ3v) is 6.60. The van der Waals surface area contributed by atoms with Gasteiger partial charge in [0.25, 0.3) is 15.9 Å². The third-order valence-electron chi connectivity index (χ3n) is 4.67. The van der Waals surface area contributed by atoms with Gasteiger partial charge in [0.2, 0.25) is 0 Å². The maximum Gasteiger partial charge on any atom is 0.264 e. The minimum Gasteiger partial charge on any atom is -0.339 e. The number of nitrogens with one attached hydrogen (secondary N) is 1. The molecular formula is C18H18N4O3S2. The molecule has 1 aliphatic rings. The molecule has 0 radical (unpaired) electrons. The van der Waals surface area contributed by atoms with Gasteiger partial charge < -0.3 is 4.90 Å². The van der Waals surface area contributed by atoms with Crippen molar-refractivity contribution >= 4 is 44.4 Å². The zero-order valence-electron chi connectivity index (χ0n) is 14.7. The van der Waals surface area contributed by atoms with Crippen molar-refractivity contribution in [3.05, 3.63) is 47.5 Å². The van der Waals surface area contributed by atoms with E-state index in [-0.39, 0.29) is 10.8 Å². The molecule has 0 spiro atoms. The lowest BCUT2D eigenvalue weighted by molar-refractivity contribution is 0.0794. The van der Waals surface area contributed by atoms with E-state index in [1.165, 1.54) is 6.07 Å². The highest BCUT2D eigenvalue weighted by Crippen LogP contribution is 2.28. The van der Waals surface area contributed by atoms with E-state index in [0.717, 1.165) is 24.6 Å². The number of fused-ring (bicyclic) bond motifs is 1. The van der Waals surface area contributed by atoms with E-state index in [2.05, 4.69) is 13.5 Å². The van der Waals surface area contributed by atoms with Crippen LogP contribution in [0.4, 0.5) is 5.69 Å². The van der Waals surface area contributed by atoms with Gasteiger partial charge in [-0.2, -0.15) is 8.75 Å². The van der Waals surface area contributed by atoms with Crippen LogP contribution in [0.3, 0.4) is 0 Å². The second-order valence-corrected chi connectivity index (χ2v) is 8.67. The van der Waals surface area contributed by atoms with Crippen LogP contribution in [0, 0.1) is 6.92 Å². The Morgan fingerprint density at radius 2 is 1.85 bits per heavy atom. The molecule has 0 saturated carbocycles. The maximum atomic E-state index is 13.1. The molecular weight excluding hydrogens is 384 g/mol. The highest BCUT2D eigenvalue weighted by Gasteiger charge is 2.26. The summed E-state index contributed by atoms with van der Waals surface area (Å²) in [4.78, 5) is 14.7. The van der Waals surface area contributed by atoms with Gasteiger partial charge in [0, 0.05) is 13.1 Å². The molecule has 4 rings (SSSR count). The van der Waals surface area contributed by atoms with E-state index in [1.54, 1.807) is 42.2 Å². The summed E-state index contributed by atoms with van der Waals surface area (Å²) in [6.07, 6.45) is 1.94. The van der Waals surface area contributed by atoms with Crippen molar-refractivity contribution < 1.29 is 13.2 Å². The minimum absolute atomic E-state index is 0.0524. The van der Waals surface area contributed by atoms with Crippen LogP contribution in [0.5, 0.6) is 0 Å². The minimum atomic E-state index is -3.93. The van der Waals surface area contributed by atoms with Crippen molar-refractivity contribution in [1.82, 2.24) is 13.6 Å². The third kappa shape index (κ3) is 3.28. The summed E-state index contributed by atoms with van der Waals surface area (Å²) in [6, 6.07) is 10.0. The maximum absolute atomic E-state index is 13.1. The second kappa shape index (κ2) is 6.90. The van der Waals surface area contributed by atoms with Crippen molar-refractivity contribution in [2.24, 2.45) is 0 Å². The molecule has 1 N–H and O–H groups in total. The largest absolute Gasteiger partial charge is 0.339 e. The van der Waals surface area contributed by atoms with Crippen LogP contribution in [0.1, 0.15) is 28.8 Å². The van der Waals surface area contributed by atoms with Crippen LogP contribution in [0.2, 0.25) is 0 Å². The van der Waals surface area contributed by atoms with Gasteiger partial charge in [-0.1, -0.05) is 18.2 Å². The highest BCUT2D eigenvalue weighted by molar-refractivity contribution is 7.93. The summed E-state index contributed by atoms with van der Waals surface area (Å²) < 4.78 is 36.9. The number of hydrogen-bond acceptors (Lipinski definition) is 6. The Bertz CT molecular complexity index is 1120. The average molecular weight is 403 g/mol. The lowest BCUT2D eigenvalue weighted by Crippen LogP contribution is -2.29. The van der Waals surface area contributed by atoms with E-state index in [9.17, 15) is 13.2 Å². The SMILES string of the molecule is Cc1cccc(C(=O)N2CCCC2)c1NS(=O)(=O)c1cccc2nsnc12. The molecule has 0 unspecified atom stereocenters. The van der Waals surface area contributed by atoms with E-state index in [0.29, 0.717) is 40.9 Å². The molecule has 2 heterocycles. The van der Waals surface area contributed by atoms with Gasteiger partial charge >= 0.3 is 0 Å². The quantitative estimate of drug-likeness (QED) is 0.724. The number of benzene rings is 2. The van der Waals surface area contributed by atoms with E-state index in [1.807, 2.05) is 0 Å². The van der Waals surface area contributed by atoms with Gasteiger partial charge in [-0.3, -0.25) is 9.52 Å². The molecule has 1 saturated heterocycles. The number of nitrogens with zero attached hydrogens (tertiary/aromatic N) is 3. The molecule has 1 aliphatic heterocycles. The van der Waals surface area contributed by atoms with Crippen LogP contribution in [0.15, 0.2) is 41.3 Å². The fourth-order valence-corrected chi connectivity index (χ4v) is 5.18. The molecule has 0 atom stereocenters. The first-order chi connectivity index (χ1) is 13.0. The first kappa shape index (κ1) is 17.9. The number of carbonyl (C=O) groups excluding carboxylic acids is 1. The number of rotatable bonds is 4. The Morgan fingerprint density at radius 1 is 1.11 bits per heavy atom. The number of para-hydroxylation sites is 1. The fourth-order valence-electron chi connectivity index (χ4n) is 3.26. The Kier molecular flexibility index (Phi) is 4.56. The van der Waals surface area contributed by atoms with E-state index >= 15 is 0 Å². The predicted molar refractivity (Wildman–Crippen MR) is 105 cm³/mol. The van der Waals surface area contributed by atoms with Gasteiger partial charge in [0.05, 0.1) is 23.0 Å². The van der Waals surface area contributed by atoms with Gasteiger partial charge in [-0.05, 0) is 43.5 Å². The van der Waals surface area contributed by atoms with E-state index in [4.69, 9.17) is 0 Å². The Labute approximate surface area is 161 Å². The first-order valence-corrected chi connectivity index (χ1v) is 10.8. The van der Waals surface area contributed by atoms with Crippen LogP contribution >= 0.6 is 11.7 Å². The van der Waals surface area contributed by atoms with Crippen molar-refractivity contribution in [3.8, 4) is 0 Å². The molecule has 7 nitrogen and oxygen atoms in total. The van der Waals surface area contributed by atoms with Crippen molar-refractivity contribution in [3.63, 3.8) is 0 Å². The molecule has 0 bridgehead atoms. The molecule has 1 amide bonds. The van der Waals surface area contributed by atoms with Crippen molar-refractivity contribution in [2.75, 3.05) is 17.8 Å². The number of carbonyl (C=O) groups is 1. The summed E-state index contributed by atoms with van der Waals surface area (Å²) in [7, 11) is -3.93. The smallest absolute Gasteiger partial charge is 0.264 e. The number of aryl methyl sites for hydroxylation is 1. The molecule has 140 valence electrons. The monoisotopic (exact) mass is 402 g/mol. The lowest BCUT2D eigenvalue weighted by Gasteiger charge is -2.19. The standard InChI is InChI=1S/C18H18N4O3S2/c1-12-6-4-7-13(18(23)22-10-2-3-11-22)16(12)21-27(24,25)15-9-5-8-14-17(15)20-26-19-14/h4-9,21H,2-3,10-11H2,1H3. The molecule has 1 aromatic heterocycles. The lowest BCUT2D eigenvalue weighted by atomic mass is 10.1. The molecule has 27 heavy (non-hydrogen) atoms. The predicted octanol–water partition coefficient (Wildman–Crippen LogP) is 3.04. The van der Waals surface area contributed by atoms with Crippen LogP contribution in [-0.2, 0) is 10.0 Å². The fraction of sp³-hybridized carbons (Fsp3) is 0.278. The first-order valence-electron chi connectivity index (χ1n) is 8.60. The van der Waals surface area contributed by atoms with Crippen LogP contribution in [0.25, 0.3) is 11.0 Å². The molecule has 0 aliphatic carbocycles. The number of likely N-dealkylation sites (tertiary alicyclic amines) is 1. The van der Waals surface area contributed by atoms with Crippen LogP contribution in [-0.4, -0.2) is 41.1 Å². The Balaban J connectivity index is 1.76. The normalized spacial score (nSPS) is 14.6. The number of sulfonamides is 1.